The van der Waals surface area contributed by atoms with Gasteiger partial charge >= 0.3 is 0 Å². The Morgan fingerprint density at radius 1 is 1.42 bits per heavy atom. The highest BCUT2D eigenvalue weighted by Crippen LogP contribution is 2.28. The number of nitrogens with zero attached hydrogens (tertiary/aromatic N) is 1. The molecule has 3 heteroatoms. The summed E-state index contributed by atoms with van der Waals surface area (Å²) in [6.45, 7) is 5.75. The van der Waals surface area contributed by atoms with Crippen molar-refractivity contribution in [1.29, 1.82) is 0 Å². The quantitative estimate of drug-likeness (QED) is 0.826. The summed E-state index contributed by atoms with van der Waals surface area (Å²) in [4.78, 5) is 14.1. The van der Waals surface area contributed by atoms with Crippen molar-refractivity contribution in [2.24, 2.45) is 11.8 Å². The van der Waals surface area contributed by atoms with Crippen molar-refractivity contribution in [3.63, 3.8) is 0 Å². The third-order valence-corrected chi connectivity index (χ3v) is 4.02. The average molecular weight is 263 g/mol. The highest BCUT2D eigenvalue weighted by Gasteiger charge is 2.27. The maximum Gasteiger partial charge on any atom is 0.137 e. The van der Waals surface area contributed by atoms with Crippen LogP contribution >= 0.6 is 0 Å². The van der Waals surface area contributed by atoms with Crippen LogP contribution < -0.4 is 4.90 Å². The molecule has 1 aromatic rings. The molecule has 0 radical (unpaired) electrons. The molecule has 0 bridgehead atoms. The number of rotatable bonds is 4. The fraction of sp³-hybridized carbons (Fsp3) is 0.562. The Balaban J connectivity index is 2.08. The second-order valence-corrected chi connectivity index (χ2v) is 5.56. The molecule has 2 unspecified atom stereocenters. The van der Waals surface area contributed by atoms with Crippen molar-refractivity contribution in [2.45, 2.75) is 33.1 Å². The molecule has 2 atom stereocenters. The minimum atomic E-state index is -0.223. The summed E-state index contributed by atoms with van der Waals surface area (Å²) >= 11 is 0. The smallest absolute Gasteiger partial charge is 0.137 e. The number of ketones is 1. The lowest BCUT2D eigenvalue weighted by molar-refractivity contribution is -0.125. The van der Waals surface area contributed by atoms with E-state index in [9.17, 15) is 9.18 Å². The molecule has 1 aliphatic rings. The standard InChI is InChI=1S/C16H22FNO/c1-3-18(15-6-4-5-14(17)10-15)11-13-9-12(2)7-8-16(13)19/h4-6,10,12-13H,3,7-9,11H2,1-2H3. The summed E-state index contributed by atoms with van der Waals surface area (Å²) in [5.74, 6) is 0.869. The average Bonchev–Trinajstić information content (AvgIpc) is 2.39. The first-order valence-corrected chi connectivity index (χ1v) is 7.13. The topological polar surface area (TPSA) is 20.3 Å². The largest absolute Gasteiger partial charge is 0.371 e. The minimum Gasteiger partial charge on any atom is -0.371 e. The van der Waals surface area contributed by atoms with E-state index in [1.54, 1.807) is 12.1 Å². The van der Waals surface area contributed by atoms with E-state index >= 15 is 0 Å². The predicted octanol–water partition coefficient (Wildman–Crippen LogP) is 3.66. The highest BCUT2D eigenvalue weighted by molar-refractivity contribution is 5.82. The zero-order chi connectivity index (χ0) is 13.8. The lowest BCUT2D eigenvalue weighted by atomic mass is 9.81. The van der Waals surface area contributed by atoms with Gasteiger partial charge in [-0.05, 0) is 43.9 Å². The predicted molar refractivity (Wildman–Crippen MR) is 75.8 cm³/mol. The SMILES string of the molecule is CCN(CC1CC(C)CCC1=O)c1cccc(F)c1. The van der Waals surface area contributed by atoms with Gasteiger partial charge in [-0.1, -0.05) is 13.0 Å². The second kappa shape index (κ2) is 6.18. The van der Waals surface area contributed by atoms with Crippen LogP contribution in [0.15, 0.2) is 24.3 Å². The van der Waals surface area contributed by atoms with E-state index in [4.69, 9.17) is 0 Å². The number of carbonyl (C=O) groups excluding carboxylic acids is 1. The van der Waals surface area contributed by atoms with Crippen molar-refractivity contribution in [1.82, 2.24) is 0 Å². The first kappa shape index (κ1) is 14.0. The molecule has 19 heavy (non-hydrogen) atoms. The van der Waals surface area contributed by atoms with E-state index in [0.29, 0.717) is 24.7 Å². The Kier molecular flexibility index (Phi) is 4.56. The van der Waals surface area contributed by atoms with Gasteiger partial charge < -0.3 is 4.90 Å². The van der Waals surface area contributed by atoms with Gasteiger partial charge in [0.1, 0.15) is 11.6 Å². The van der Waals surface area contributed by atoms with Crippen LogP contribution in [0.4, 0.5) is 10.1 Å². The first-order valence-electron chi connectivity index (χ1n) is 7.13. The second-order valence-electron chi connectivity index (χ2n) is 5.56. The summed E-state index contributed by atoms with van der Waals surface area (Å²) in [7, 11) is 0. The molecule has 0 N–H and O–H groups in total. The molecule has 1 saturated carbocycles. The third kappa shape index (κ3) is 3.55. The molecule has 2 rings (SSSR count). The Morgan fingerprint density at radius 2 is 2.21 bits per heavy atom. The van der Waals surface area contributed by atoms with E-state index < -0.39 is 0 Å². The maximum atomic E-state index is 13.3. The van der Waals surface area contributed by atoms with Gasteiger partial charge in [-0.3, -0.25) is 4.79 Å². The summed E-state index contributed by atoms with van der Waals surface area (Å²) < 4.78 is 13.3. The molecule has 0 spiro atoms. The van der Waals surface area contributed by atoms with Crippen LogP contribution in [0.25, 0.3) is 0 Å². The van der Waals surface area contributed by atoms with Gasteiger partial charge in [0.25, 0.3) is 0 Å². The zero-order valence-corrected chi connectivity index (χ0v) is 11.7. The van der Waals surface area contributed by atoms with E-state index in [1.165, 1.54) is 6.07 Å². The minimum absolute atomic E-state index is 0.104. The van der Waals surface area contributed by atoms with Crippen molar-refractivity contribution < 1.29 is 9.18 Å². The fourth-order valence-corrected chi connectivity index (χ4v) is 2.86. The number of hydrogen-bond acceptors (Lipinski definition) is 2. The van der Waals surface area contributed by atoms with Gasteiger partial charge in [0, 0.05) is 31.1 Å². The van der Waals surface area contributed by atoms with Gasteiger partial charge in [-0.15, -0.1) is 0 Å². The third-order valence-electron chi connectivity index (χ3n) is 4.02. The van der Waals surface area contributed by atoms with Crippen LogP contribution in [0, 0.1) is 17.7 Å². The Labute approximate surface area is 114 Å². The molecule has 2 nitrogen and oxygen atoms in total. The van der Waals surface area contributed by atoms with Crippen LogP contribution in [-0.2, 0) is 4.79 Å². The monoisotopic (exact) mass is 263 g/mol. The van der Waals surface area contributed by atoms with Crippen molar-refractivity contribution in [3.8, 4) is 0 Å². The highest BCUT2D eigenvalue weighted by atomic mass is 19.1. The number of Topliss-reactive ketones (excluding diaryl/α,β-unsaturated/α-hetero) is 1. The van der Waals surface area contributed by atoms with Crippen LogP contribution in [0.5, 0.6) is 0 Å². The van der Waals surface area contributed by atoms with Gasteiger partial charge in [0.2, 0.25) is 0 Å². The van der Waals surface area contributed by atoms with Crippen molar-refractivity contribution >= 4 is 11.5 Å². The summed E-state index contributed by atoms with van der Waals surface area (Å²) in [5, 5.41) is 0. The molecule has 1 aliphatic carbocycles. The van der Waals surface area contributed by atoms with Crippen LogP contribution in [-0.4, -0.2) is 18.9 Å². The molecule has 0 amide bonds. The Hall–Kier alpha value is -1.38. The number of carbonyl (C=O) groups is 1. The maximum absolute atomic E-state index is 13.3. The van der Waals surface area contributed by atoms with Gasteiger partial charge in [-0.25, -0.2) is 4.39 Å². The summed E-state index contributed by atoms with van der Waals surface area (Å²) in [6, 6.07) is 6.62. The summed E-state index contributed by atoms with van der Waals surface area (Å²) in [6.07, 6.45) is 2.68. The number of benzene rings is 1. The zero-order valence-electron chi connectivity index (χ0n) is 11.7. The fourth-order valence-electron chi connectivity index (χ4n) is 2.86. The van der Waals surface area contributed by atoms with E-state index in [-0.39, 0.29) is 11.7 Å². The molecule has 1 fully saturated rings. The molecule has 0 saturated heterocycles. The van der Waals surface area contributed by atoms with Crippen molar-refractivity contribution in [2.75, 3.05) is 18.0 Å². The molecular formula is C16H22FNO. The van der Waals surface area contributed by atoms with Crippen LogP contribution in [0.2, 0.25) is 0 Å². The first-order chi connectivity index (χ1) is 9.10. The van der Waals surface area contributed by atoms with Crippen molar-refractivity contribution in [3.05, 3.63) is 30.1 Å². The Morgan fingerprint density at radius 3 is 2.89 bits per heavy atom. The number of halogens is 1. The molecule has 1 aromatic carbocycles. The Bertz CT molecular complexity index is 446. The molecule has 0 aromatic heterocycles. The number of hydrogen-bond donors (Lipinski definition) is 0. The van der Waals surface area contributed by atoms with Crippen LogP contribution in [0.3, 0.4) is 0 Å². The van der Waals surface area contributed by atoms with E-state index in [2.05, 4.69) is 11.8 Å². The van der Waals surface area contributed by atoms with Gasteiger partial charge in [0.15, 0.2) is 0 Å². The molecule has 0 heterocycles. The lowest BCUT2D eigenvalue weighted by Crippen LogP contribution is -2.36. The molecule has 0 aliphatic heterocycles. The van der Waals surface area contributed by atoms with E-state index in [0.717, 1.165) is 25.1 Å². The lowest BCUT2D eigenvalue weighted by Gasteiger charge is -2.32. The van der Waals surface area contributed by atoms with E-state index in [1.807, 2.05) is 13.0 Å². The number of anilines is 1. The van der Waals surface area contributed by atoms with Crippen LogP contribution in [0.1, 0.15) is 33.1 Å². The molecular weight excluding hydrogens is 241 g/mol. The molecule has 104 valence electrons. The van der Waals surface area contributed by atoms with Gasteiger partial charge in [-0.2, -0.15) is 0 Å². The summed E-state index contributed by atoms with van der Waals surface area (Å²) in [5.41, 5.74) is 0.869. The van der Waals surface area contributed by atoms with Gasteiger partial charge in [0.05, 0.1) is 0 Å². The normalized spacial score (nSPS) is 23.4.